The number of nitrogens with zero attached hydrogens (tertiary/aromatic N) is 1. The zero-order chi connectivity index (χ0) is 16.2. The van der Waals surface area contributed by atoms with Crippen molar-refractivity contribution >= 4 is 23.0 Å². The van der Waals surface area contributed by atoms with Crippen molar-refractivity contribution in [2.24, 2.45) is 5.92 Å². The lowest BCUT2D eigenvalue weighted by molar-refractivity contribution is -0.00316. The zero-order valence-electron chi connectivity index (χ0n) is 13.5. The van der Waals surface area contributed by atoms with Gasteiger partial charge in [-0.2, -0.15) is 0 Å². The van der Waals surface area contributed by atoms with Crippen molar-refractivity contribution in [2.75, 3.05) is 4.90 Å². The second-order valence-corrected chi connectivity index (χ2v) is 6.97. The zero-order valence-corrected chi connectivity index (χ0v) is 14.4. The first-order chi connectivity index (χ1) is 11.0. The fourth-order valence-electron chi connectivity index (χ4n) is 3.64. The first-order valence-corrected chi connectivity index (χ1v) is 8.37. The first-order valence-electron chi connectivity index (χ1n) is 7.96. The highest BCUT2D eigenvalue weighted by Gasteiger charge is 2.53. The Bertz CT molecular complexity index is 773. The minimum Gasteiger partial charge on any atom is -0.467 e. The summed E-state index contributed by atoms with van der Waals surface area (Å²) < 4.78 is 6.47. The third-order valence-corrected chi connectivity index (χ3v) is 5.43. The van der Waals surface area contributed by atoms with Gasteiger partial charge in [0.15, 0.2) is 10.8 Å². The number of hydrogen-bond donors (Lipinski definition) is 1. The van der Waals surface area contributed by atoms with E-state index in [1.165, 1.54) is 11.1 Å². The van der Waals surface area contributed by atoms with Gasteiger partial charge in [0, 0.05) is 17.2 Å². The van der Waals surface area contributed by atoms with Crippen molar-refractivity contribution < 1.29 is 4.74 Å². The number of fused-ring (bicyclic) bond motifs is 4. The molecule has 0 aliphatic carbocycles. The van der Waals surface area contributed by atoms with Crippen LogP contribution in [-0.2, 0) is 0 Å². The van der Waals surface area contributed by atoms with Crippen LogP contribution in [0.15, 0.2) is 48.5 Å². The Labute approximate surface area is 142 Å². The molecule has 118 valence electrons. The van der Waals surface area contributed by atoms with E-state index in [-0.39, 0.29) is 12.0 Å². The molecular weight excluding hydrogens is 304 g/mol. The molecule has 3 nitrogen and oxygen atoms in total. The highest BCUT2D eigenvalue weighted by Crippen LogP contribution is 2.48. The van der Waals surface area contributed by atoms with Gasteiger partial charge >= 0.3 is 0 Å². The van der Waals surface area contributed by atoms with Gasteiger partial charge < -0.3 is 10.1 Å². The van der Waals surface area contributed by atoms with Crippen molar-refractivity contribution in [3.63, 3.8) is 0 Å². The number of hydrogen-bond acceptors (Lipinski definition) is 2. The molecular formula is C19H20N2OS. The molecule has 4 rings (SSSR count). The van der Waals surface area contributed by atoms with Crippen LogP contribution in [-0.4, -0.2) is 10.8 Å². The summed E-state index contributed by atoms with van der Waals surface area (Å²) in [6.07, 6.45) is 0. The number of rotatable bonds is 1. The van der Waals surface area contributed by atoms with Gasteiger partial charge in [-0.3, -0.25) is 4.90 Å². The summed E-state index contributed by atoms with van der Waals surface area (Å²) in [5.41, 5.74) is 2.97. The van der Waals surface area contributed by atoms with Crippen LogP contribution in [0.2, 0.25) is 0 Å². The number of aryl methyl sites for hydroxylation is 1. The number of ether oxygens (including phenoxy) is 1. The first kappa shape index (κ1) is 14.5. The van der Waals surface area contributed by atoms with Crippen LogP contribution < -0.4 is 15.0 Å². The predicted molar refractivity (Wildman–Crippen MR) is 96.8 cm³/mol. The largest absolute Gasteiger partial charge is 0.467 e. The summed E-state index contributed by atoms with van der Waals surface area (Å²) in [6.45, 7) is 6.44. The van der Waals surface area contributed by atoms with Crippen LogP contribution in [0.3, 0.4) is 0 Å². The molecule has 1 fully saturated rings. The molecule has 0 radical (unpaired) electrons. The lowest BCUT2D eigenvalue weighted by atomic mass is 9.80. The Hall–Kier alpha value is -2.07. The highest BCUT2D eigenvalue weighted by molar-refractivity contribution is 7.80. The molecule has 23 heavy (non-hydrogen) atoms. The summed E-state index contributed by atoms with van der Waals surface area (Å²) in [6, 6.07) is 16.8. The Morgan fingerprint density at radius 2 is 1.83 bits per heavy atom. The number of anilines is 1. The Morgan fingerprint density at radius 1 is 1.13 bits per heavy atom. The van der Waals surface area contributed by atoms with E-state index in [0.29, 0.717) is 5.11 Å². The molecule has 2 bridgehead atoms. The van der Waals surface area contributed by atoms with Crippen LogP contribution in [0.25, 0.3) is 0 Å². The van der Waals surface area contributed by atoms with E-state index in [9.17, 15) is 0 Å². The summed E-state index contributed by atoms with van der Waals surface area (Å²) in [5, 5.41) is 4.24. The van der Waals surface area contributed by atoms with E-state index < -0.39 is 5.72 Å². The number of benzene rings is 2. The SMILES string of the molecule is Cc1ccc(N2C(=S)N[C@H]3c4ccccc4O[C@@]2(C)[C@@H]3C)cc1. The van der Waals surface area contributed by atoms with Gasteiger partial charge in [0.05, 0.1) is 6.04 Å². The van der Waals surface area contributed by atoms with Gasteiger partial charge in [0.1, 0.15) is 5.75 Å². The van der Waals surface area contributed by atoms with Crippen molar-refractivity contribution in [3.05, 3.63) is 59.7 Å². The molecule has 1 N–H and O–H groups in total. The molecule has 2 aromatic rings. The van der Waals surface area contributed by atoms with Crippen LogP contribution in [0.5, 0.6) is 5.75 Å². The van der Waals surface area contributed by atoms with Gasteiger partial charge in [-0.1, -0.05) is 42.8 Å². The van der Waals surface area contributed by atoms with Gasteiger partial charge in [0.2, 0.25) is 0 Å². The molecule has 2 aromatic carbocycles. The maximum Gasteiger partial charge on any atom is 0.190 e. The highest BCUT2D eigenvalue weighted by atomic mass is 32.1. The molecule has 0 aromatic heterocycles. The fourth-order valence-corrected chi connectivity index (χ4v) is 4.06. The standard InChI is InChI=1S/C19H20N2OS/c1-12-8-10-14(11-9-12)21-18(23)20-17-13(2)19(21,3)22-16-7-5-4-6-15(16)17/h4-11,13,17H,1-3H3,(H,20,23)/t13-,17-,19+/m1/s1. The van der Waals surface area contributed by atoms with Crippen LogP contribution in [0, 0.1) is 12.8 Å². The van der Waals surface area contributed by atoms with Crippen LogP contribution in [0.4, 0.5) is 5.69 Å². The average molecular weight is 324 g/mol. The van der Waals surface area contributed by atoms with Gasteiger partial charge in [-0.05, 0) is 44.3 Å². The number of nitrogens with one attached hydrogen (secondary N) is 1. The molecule has 0 saturated carbocycles. The summed E-state index contributed by atoms with van der Waals surface area (Å²) in [4.78, 5) is 2.11. The second kappa shape index (κ2) is 4.96. The van der Waals surface area contributed by atoms with Gasteiger partial charge in [-0.15, -0.1) is 0 Å². The monoisotopic (exact) mass is 324 g/mol. The van der Waals surface area contributed by atoms with Crippen LogP contribution >= 0.6 is 12.2 Å². The molecule has 0 spiro atoms. The molecule has 0 amide bonds. The fraction of sp³-hybridized carbons (Fsp3) is 0.316. The van der Waals surface area contributed by atoms with Crippen molar-refractivity contribution in [1.29, 1.82) is 0 Å². The Balaban J connectivity index is 1.85. The third kappa shape index (κ3) is 2.05. The van der Waals surface area contributed by atoms with Crippen molar-refractivity contribution in [2.45, 2.75) is 32.5 Å². The molecule has 2 aliphatic rings. The molecule has 0 unspecified atom stereocenters. The van der Waals surface area contributed by atoms with E-state index in [1.54, 1.807) is 0 Å². The molecule has 1 saturated heterocycles. The van der Waals surface area contributed by atoms with E-state index in [0.717, 1.165) is 11.4 Å². The van der Waals surface area contributed by atoms with Gasteiger partial charge in [-0.25, -0.2) is 0 Å². The topological polar surface area (TPSA) is 24.5 Å². The Kier molecular flexibility index (Phi) is 3.13. The lowest BCUT2D eigenvalue weighted by Gasteiger charge is -2.56. The maximum atomic E-state index is 6.47. The summed E-state index contributed by atoms with van der Waals surface area (Å²) in [5.74, 6) is 1.19. The lowest BCUT2D eigenvalue weighted by Crippen LogP contribution is -2.69. The van der Waals surface area contributed by atoms with E-state index >= 15 is 0 Å². The third-order valence-electron chi connectivity index (χ3n) is 5.13. The molecule has 2 aliphatic heterocycles. The number of thiocarbonyl (C=S) groups is 1. The minimum absolute atomic E-state index is 0.180. The van der Waals surface area contributed by atoms with Crippen molar-refractivity contribution in [1.82, 2.24) is 5.32 Å². The minimum atomic E-state index is -0.503. The quantitative estimate of drug-likeness (QED) is 0.796. The summed E-state index contributed by atoms with van der Waals surface area (Å²) in [7, 11) is 0. The van der Waals surface area contributed by atoms with E-state index in [2.05, 4.69) is 67.4 Å². The van der Waals surface area contributed by atoms with Crippen LogP contribution in [0.1, 0.15) is 31.0 Å². The maximum absolute atomic E-state index is 6.47. The predicted octanol–water partition coefficient (Wildman–Crippen LogP) is 4.18. The average Bonchev–Trinajstić information content (AvgIpc) is 2.52. The molecule has 4 heteroatoms. The Morgan fingerprint density at radius 3 is 2.57 bits per heavy atom. The summed E-state index contributed by atoms with van der Waals surface area (Å²) >= 11 is 5.69. The van der Waals surface area contributed by atoms with E-state index in [1.807, 2.05) is 12.1 Å². The molecule has 3 atom stereocenters. The normalized spacial score (nSPS) is 28.7. The second-order valence-electron chi connectivity index (χ2n) is 6.58. The van der Waals surface area contributed by atoms with Gasteiger partial charge in [0.25, 0.3) is 0 Å². The smallest absolute Gasteiger partial charge is 0.190 e. The number of para-hydroxylation sites is 1. The van der Waals surface area contributed by atoms with E-state index in [4.69, 9.17) is 17.0 Å². The molecule has 2 heterocycles. The van der Waals surface area contributed by atoms with Crippen molar-refractivity contribution in [3.8, 4) is 5.75 Å².